The van der Waals surface area contributed by atoms with Gasteiger partial charge in [-0.3, -0.25) is 4.98 Å². The molecule has 0 aliphatic rings. The number of fused-ring (bicyclic) bond motifs is 1. The standard InChI is InChI=1S/C21H26N4O2/c1-3-6-17(10-12-26)25-21-20(15(2)23-14-24-21)27-13-19-18-8-5-4-7-16(18)9-11-22-19/h4-5,7-9,11,14,17,26H,3,6,10,12-13H2,1-2H3,(H,23,24,25). The Morgan fingerprint density at radius 1 is 1.11 bits per heavy atom. The minimum Gasteiger partial charge on any atom is -0.481 e. The van der Waals surface area contributed by atoms with E-state index in [1.807, 2.05) is 31.2 Å². The third-order valence-electron chi connectivity index (χ3n) is 4.55. The molecular formula is C21H26N4O2. The van der Waals surface area contributed by atoms with Gasteiger partial charge in [0.15, 0.2) is 11.6 Å². The molecule has 0 bridgehead atoms. The molecule has 0 fully saturated rings. The summed E-state index contributed by atoms with van der Waals surface area (Å²) < 4.78 is 6.11. The summed E-state index contributed by atoms with van der Waals surface area (Å²) in [7, 11) is 0. The molecule has 0 aliphatic heterocycles. The van der Waals surface area contributed by atoms with Crippen molar-refractivity contribution in [1.29, 1.82) is 0 Å². The Morgan fingerprint density at radius 3 is 2.78 bits per heavy atom. The summed E-state index contributed by atoms with van der Waals surface area (Å²) in [6, 6.07) is 10.3. The van der Waals surface area contributed by atoms with Gasteiger partial charge >= 0.3 is 0 Å². The molecule has 1 unspecified atom stereocenters. The second-order valence-corrected chi connectivity index (χ2v) is 6.55. The molecule has 0 saturated carbocycles. The normalized spacial score (nSPS) is 12.1. The SMILES string of the molecule is CCCC(CCO)Nc1ncnc(C)c1OCc1nccc2ccccc12. The average Bonchev–Trinajstić information content (AvgIpc) is 2.68. The molecule has 27 heavy (non-hydrogen) atoms. The lowest BCUT2D eigenvalue weighted by atomic mass is 10.1. The maximum Gasteiger partial charge on any atom is 0.183 e. The van der Waals surface area contributed by atoms with Crippen molar-refractivity contribution in [2.24, 2.45) is 0 Å². The van der Waals surface area contributed by atoms with E-state index >= 15 is 0 Å². The van der Waals surface area contributed by atoms with Crippen molar-refractivity contribution in [2.45, 2.75) is 45.8 Å². The number of rotatable bonds is 9. The molecule has 0 spiro atoms. The Balaban J connectivity index is 1.82. The highest BCUT2D eigenvalue weighted by molar-refractivity contribution is 5.84. The van der Waals surface area contributed by atoms with Crippen LogP contribution in [0.25, 0.3) is 10.8 Å². The largest absolute Gasteiger partial charge is 0.481 e. The Bertz CT molecular complexity index is 874. The molecule has 0 saturated heterocycles. The number of hydrogen-bond acceptors (Lipinski definition) is 6. The number of aryl methyl sites for hydroxylation is 1. The maximum absolute atomic E-state index is 9.31. The molecule has 6 nitrogen and oxygen atoms in total. The summed E-state index contributed by atoms with van der Waals surface area (Å²) in [5.41, 5.74) is 1.65. The summed E-state index contributed by atoms with van der Waals surface area (Å²) in [5, 5.41) is 14.9. The molecule has 0 radical (unpaired) electrons. The first-order valence-corrected chi connectivity index (χ1v) is 9.37. The molecule has 3 aromatic rings. The van der Waals surface area contributed by atoms with E-state index in [9.17, 15) is 5.11 Å². The van der Waals surface area contributed by atoms with Crippen molar-refractivity contribution in [3.05, 3.63) is 54.2 Å². The van der Waals surface area contributed by atoms with Gasteiger partial charge in [-0.05, 0) is 31.2 Å². The second-order valence-electron chi connectivity index (χ2n) is 6.55. The van der Waals surface area contributed by atoms with Gasteiger partial charge in [0, 0.05) is 24.2 Å². The molecule has 1 aromatic carbocycles. The van der Waals surface area contributed by atoms with Crippen LogP contribution in [-0.2, 0) is 6.61 Å². The number of aliphatic hydroxyl groups is 1. The third kappa shape index (κ3) is 4.71. The molecular weight excluding hydrogens is 340 g/mol. The predicted octanol–water partition coefficient (Wildman–Crippen LogP) is 3.88. The van der Waals surface area contributed by atoms with Gasteiger partial charge in [0.05, 0.1) is 11.4 Å². The van der Waals surface area contributed by atoms with Gasteiger partial charge in [-0.1, -0.05) is 37.6 Å². The number of ether oxygens (including phenoxy) is 1. The van der Waals surface area contributed by atoms with E-state index in [0.29, 0.717) is 24.6 Å². The number of nitrogens with zero attached hydrogens (tertiary/aromatic N) is 3. The highest BCUT2D eigenvalue weighted by Gasteiger charge is 2.15. The van der Waals surface area contributed by atoms with E-state index in [1.165, 1.54) is 6.33 Å². The highest BCUT2D eigenvalue weighted by Crippen LogP contribution is 2.28. The number of hydrogen-bond donors (Lipinski definition) is 2. The molecule has 2 aromatic heterocycles. The van der Waals surface area contributed by atoms with Crippen molar-refractivity contribution < 1.29 is 9.84 Å². The van der Waals surface area contributed by atoms with Gasteiger partial charge in [0.1, 0.15) is 12.9 Å². The van der Waals surface area contributed by atoms with E-state index in [2.05, 4.69) is 33.3 Å². The maximum atomic E-state index is 9.31. The van der Waals surface area contributed by atoms with Crippen LogP contribution in [0.4, 0.5) is 5.82 Å². The zero-order valence-electron chi connectivity index (χ0n) is 15.9. The van der Waals surface area contributed by atoms with Crippen molar-refractivity contribution in [2.75, 3.05) is 11.9 Å². The minimum absolute atomic E-state index is 0.137. The summed E-state index contributed by atoms with van der Waals surface area (Å²) in [5.74, 6) is 1.29. The molecule has 6 heteroatoms. The van der Waals surface area contributed by atoms with Crippen molar-refractivity contribution in [1.82, 2.24) is 15.0 Å². The van der Waals surface area contributed by atoms with Crippen molar-refractivity contribution >= 4 is 16.6 Å². The second kappa shape index (κ2) is 9.28. The van der Waals surface area contributed by atoms with Gasteiger partial charge in [0.25, 0.3) is 0 Å². The van der Waals surface area contributed by atoms with Crippen LogP contribution >= 0.6 is 0 Å². The Kier molecular flexibility index (Phi) is 6.54. The number of anilines is 1. The molecule has 142 valence electrons. The zero-order valence-corrected chi connectivity index (χ0v) is 15.9. The van der Waals surface area contributed by atoms with Crippen LogP contribution in [0.15, 0.2) is 42.9 Å². The lowest BCUT2D eigenvalue weighted by Gasteiger charge is -2.20. The minimum atomic E-state index is 0.137. The number of benzene rings is 1. The van der Waals surface area contributed by atoms with Crippen LogP contribution in [0.5, 0.6) is 5.75 Å². The van der Waals surface area contributed by atoms with E-state index in [4.69, 9.17) is 4.74 Å². The predicted molar refractivity (Wildman–Crippen MR) is 107 cm³/mol. The Labute approximate surface area is 159 Å². The molecule has 3 rings (SSSR count). The molecule has 0 aliphatic carbocycles. The Hall–Kier alpha value is -2.73. The number of nitrogens with one attached hydrogen (secondary N) is 1. The fourth-order valence-electron chi connectivity index (χ4n) is 3.16. The number of aliphatic hydroxyl groups excluding tert-OH is 1. The van der Waals surface area contributed by atoms with Crippen LogP contribution in [0.3, 0.4) is 0 Å². The smallest absolute Gasteiger partial charge is 0.183 e. The van der Waals surface area contributed by atoms with Crippen LogP contribution < -0.4 is 10.1 Å². The fourth-order valence-corrected chi connectivity index (χ4v) is 3.16. The molecule has 2 heterocycles. The van der Waals surface area contributed by atoms with Crippen LogP contribution in [0, 0.1) is 6.92 Å². The van der Waals surface area contributed by atoms with Gasteiger partial charge in [-0.15, -0.1) is 0 Å². The summed E-state index contributed by atoms with van der Waals surface area (Å²) in [6.07, 6.45) is 5.97. The first-order valence-electron chi connectivity index (χ1n) is 9.37. The van der Waals surface area contributed by atoms with E-state index in [-0.39, 0.29) is 12.6 Å². The zero-order chi connectivity index (χ0) is 19.1. The summed E-state index contributed by atoms with van der Waals surface area (Å²) >= 11 is 0. The topological polar surface area (TPSA) is 80.2 Å². The molecule has 1 atom stereocenters. The number of pyridine rings is 1. The quantitative estimate of drug-likeness (QED) is 0.598. The van der Waals surface area contributed by atoms with E-state index in [1.54, 1.807) is 6.20 Å². The molecule has 0 amide bonds. The molecule has 2 N–H and O–H groups in total. The third-order valence-corrected chi connectivity index (χ3v) is 4.55. The number of aromatic nitrogens is 3. The highest BCUT2D eigenvalue weighted by atomic mass is 16.5. The van der Waals surface area contributed by atoms with Crippen molar-refractivity contribution in [3.8, 4) is 5.75 Å². The van der Waals surface area contributed by atoms with Gasteiger partial charge in [0.2, 0.25) is 0 Å². The van der Waals surface area contributed by atoms with Crippen LogP contribution in [0.2, 0.25) is 0 Å². The van der Waals surface area contributed by atoms with Gasteiger partial charge in [-0.25, -0.2) is 9.97 Å². The lowest BCUT2D eigenvalue weighted by molar-refractivity contribution is 0.275. The lowest BCUT2D eigenvalue weighted by Crippen LogP contribution is -2.22. The fraction of sp³-hybridized carbons (Fsp3) is 0.381. The summed E-state index contributed by atoms with van der Waals surface area (Å²) in [6.45, 7) is 4.50. The van der Waals surface area contributed by atoms with Gasteiger partial charge in [-0.2, -0.15) is 0 Å². The average molecular weight is 366 g/mol. The Morgan fingerprint density at radius 2 is 1.96 bits per heavy atom. The van der Waals surface area contributed by atoms with E-state index in [0.717, 1.165) is 35.0 Å². The summed E-state index contributed by atoms with van der Waals surface area (Å²) in [4.78, 5) is 13.1. The van der Waals surface area contributed by atoms with E-state index < -0.39 is 0 Å². The van der Waals surface area contributed by atoms with Crippen molar-refractivity contribution in [3.63, 3.8) is 0 Å². The first-order chi connectivity index (χ1) is 13.2. The first kappa shape index (κ1) is 19.0. The van der Waals surface area contributed by atoms with Crippen LogP contribution in [-0.4, -0.2) is 32.7 Å². The van der Waals surface area contributed by atoms with Crippen LogP contribution in [0.1, 0.15) is 37.6 Å². The monoisotopic (exact) mass is 366 g/mol. The van der Waals surface area contributed by atoms with Gasteiger partial charge < -0.3 is 15.2 Å².